The first-order valence-corrected chi connectivity index (χ1v) is 9.59. The van der Waals surface area contributed by atoms with Crippen LogP contribution in [0, 0.1) is 0 Å². The first-order valence-electron chi connectivity index (χ1n) is 8.79. The van der Waals surface area contributed by atoms with Gasteiger partial charge < -0.3 is 19.2 Å². The molecule has 0 saturated carbocycles. The van der Waals surface area contributed by atoms with E-state index in [9.17, 15) is 14.4 Å². The molecule has 7 nitrogen and oxygen atoms in total. The maximum atomic E-state index is 12.1. The summed E-state index contributed by atoms with van der Waals surface area (Å²) in [6, 6.07) is 12.9. The smallest absolute Gasteiger partial charge is 0.349 e. The summed E-state index contributed by atoms with van der Waals surface area (Å²) in [5.74, 6) is -0.384. The van der Waals surface area contributed by atoms with E-state index < -0.39 is 17.5 Å². The van der Waals surface area contributed by atoms with Gasteiger partial charge in [-0.15, -0.1) is 0 Å². The molecule has 0 fully saturated rings. The molecule has 1 aromatic heterocycles. The molecule has 0 bridgehead atoms. The Bertz CT molecular complexity index is 1100. The molecule has 0 spiro atoms. The van der Waals surface area contributed by atoms with Crippen molar-refractivity contribution in [2.24, 2.45) is 0 Å². The molecule has 29 heavy (non-hydrogen) atoms. The maximum Gasteiger partial charge on any atom is 0.349 e. The molecule has 8 heteroatoms. The van der Waals surface area contributed by atoms with Gasteiger partial charge in [-0.1, -0.05) is 15.9 Å². The van der Waals surface area contributed by atoms with Gasteiger partial charge in [-0.05, 0) is 56.3 Å². The summed E-state index contributed by atoms with van der Waals surface area (Å²) in [6.07, 6.45) is 0. The molecule has 0 unspecified atom stereocenters. The Morgan fingerprint density at radius 3 is 2.45 bits per heavy atom. The molecule has 3 aromatic rings. The Hall–Kier alpha value is -3.13. The summed E-state index contributed by atoms with van der Waals surface area (Å²) >= 11 is 3.32. The van der Waals surface area contributed by atoms with Crippen molar-refractivity contribution in [3.63, 3.8) is 0 Å². The van der Waals surface area contributed by atoms with Crippen LogP contribution in [0.25, 0.3) is 11.0 Å². The van der Waals surface area contributed by atoms with Gasteiger partial charge in [0.25, 0.3) is 5.91 Å². The lowest BCUT2D eigenvalue weighted by atomic mass is 10.1. The molecular formula is C21H18BrNO6. The SMILES string of the molecule is CC(C)NC(=O)c1cc2ccc(OC(=O)COc3ccc(Br)cc3)cc2oc1=O. The topological polar surface area (TPSA) is 94.8 Å². The molecule has 0 atom stereocenters. The number of carbonyl (C=O) groups is 2. The Morgan fingerprint density at radius 1 is 1.07 bits per heavy atom. The van der Waals surface area contributed by atoms with Crippen LogP contribution in [-0.4, -0.2) is 24.5 Å². The predicted molar refractivity (Wildman–Crippen MR) is 110 cm³/mol. The van der Waals surface area contributed by atoms with Gasteiger partial charge in [0.1, 0.15) is 22.6 Å². The molecule has 150 valence electrons. The third-order valence-electron chi connectivity index (χ3n) is 3.77. The fraction of sp³-hybridized carbons (Fsp3) is 0.190. The summed E-state index contributed by atoms with van der Waals surface area (Å²) in [5.41, 5.74) is -0.647. The third-order valence-corrected chi connectivity index (χ3v) is 4.30. The van der Waals surface area contributed by atoms with E-state index in [4.69, 9.17) is 13.9 Å². The van der Waals surface area contributed by atoms with E-state index in [0.717, 1.165) is 4.47 Å². The van der Waals surface area contributed by atoms with Crippen LogP contribution in [0.3, 0.4) is 0 Å². The normalized spacial score (nSPS) is 10.8. The summed E-state index contributed by atoms with van der Waals surface area (Å²) in [5, 5.41) is 3.18. The largest absolute Gasteiger partial charge is 0.482 e. The summed E-state index contributed by atoms with van der Waals surface area (Å²) < 4.78 is 16.7. The lowest BCUT2D eigenvalue weighted by molar-refractivity contribution is -0.136. The van der Waals surface area contributed by atoms with Crippen LogP contribution in [0.1, 0.15) is 24.2 Å². The number of hydrogen-bond donors (Lipinski definition) is 1. The third kappa shape index (κ3) is 5.45. The van der Waals surface area contributed by atoms with Crippen LogP contribution >= 0.6 is 15.9 Å². The van der Waals surface area contributed by atoms with Crippen molar-refractivity contribution >= 4 is 38.8 Å². The number of fused-ring (bicyclic) bond motifs is 1. The van der Waals surface area contributed by atoms with E-state index in [1.807, 2.05) is 0 Å². The average Bonchev–Trinajstić information content (AvgIpc) is 2.66. The molecule has 1 heterocycles. The lowest BCUT2D eigenvalue weighted by Crippen LogP contribution is -2.33. The van der Waals surface area contributed by atoms with Crippen LogP contribution in [0.4, 0.5) is 0 Å². The number of nitrogens with one attached hydrogen (secondary N) is 1. The Kier molecular flexibility index (Phi) is 6.33. The summed E-state index contributed by atoms with van der Waals surface area (Å²) in [6.45, 7) is 3.31. The average molecular weight is 460 g/mol. The van der Waals surface area contributed by atoms with Gasteiger partial charge in [-0.3, -0.25) is 4.79 Å². The number of amides is 1. The standard InChI is InChI=1S/C21H18BrNO6/c1-12(2)23-20(25)17-9-13-3-6-16(10-18(13)29-21(17)26)28-19(24)11-27-15-7-4-14(22)5-8-15/h3-10,12H,11H2,1-2H3,(H,23,25). The number of ether oxygens (including phenoxy) is 2. The molecule has 0 aliphatic heterocycles. The van der Waals surface area contributed by atoms with E-state index in [1.165, 1.54) is 12.1 Å². The fourth-order valence-corrected chi connectivity index (χ4v) is 2.75. The molecule has 0 radical (unpaired) electrons. The van der Waals surface area contributed by atoms with Crippen molar-refractivity contribution in [2.45, 2.75) is 19.9 Å². The quantitative estimate of drug-likeness (QED) is 0.343. The van der Waals surface area contributed by atoms with E-state index in [-0.39, 0.29) is 29.5 Å². The summed E-state index contributed by atoms with van der Waals surface area (Å²) in [7, 11) is 0. The minimum atomic E-state index is -0.766. The Balaban J connectivity index is 1.70. The number of hydrogen-bond acceptors (Lipinski definition) is 6. The number of halogens is 1. The minimum absolute atomic E-state index is 0.0844. The highest BCUT2D eigenvalue weighted by atomic mass is 79.9. The van der Waals surface area contributed by atoms with Gasteiger partial charge >= 0.3 is 11.6 Å². The van der Waals surface area contributed by atoms with Crippen molar-refractivity contribution in [1.29, 1.82) is 0 Å². The number of benzene rings is 2. The first-order chi connectivity index (χ1) is 13.8. The van der Waals surface area contributed by atoms with Crippen molar-refractivity contribution in [1.82, 2.24) is 5.32 Å². The molecule has 3 rings (SSSR count). The van der Waals surface area contributed by atoms with Crippen LogP contribution in [0.5, 0.6) is 11.5 Å². The van der Waals surface area contributed by atoms with Crippen molar-refractivity contribution in [3.8, 4) is 11.5 Å². The maximum absolute atomic E-state index is 12.1. The zero-order valence-corrected chi connectivity index (χ0v) is 17.3. The number of carbonyl (C=O) groups excluding carboxylic acids is 2. The van der Waals surface area contributed by atoms with Crippen LogP contribution < -0.4 is 20.4 Å². The molecule has 2 aromatic carbocycles. The Labute approximate surface area is 174 Å². The highest BCUT2D eigenvalue weighted by Crippen LogP contribution is 2.21. The second kappa shape index (κ2) is 8.91. The van der Waals surface area contributed by atoms with Crippen LogP contribution in [0.15, 0.2) is 62.2 Å². The molecule has 0 aliphatic rings. The van der Waals surface area contributed by atoms with E-state index >= 15 is 0 Å². The molecule has 1 amide bonds. The molecule has 0 saturated heterocycles. The predicted octanol–water partition coefficient (Wildman–Crippen LogP) is 3.68. The van der Waals surface area contributed by atoms with Crippen molar-refractivity contribution in [3.05, 3.63) is 69.0 Å². The molecule has 0 aliphatic carbocycles. The molecule has 1 N–H and O–H groups in total. The van der Waals surface area contributed by atoms with Crippen LogP contribution in [-0.2, 0) is 4.79 Å². The van der Waals surface area contributed by atoms with E-state index in [1.54, 1.807) is 50.2 Å². The van der Waals surface area contributed by atoms with Crippen LogP contribution in [0.2, 0.25) is 0 Å². The minimum Gasteiger partial charge on any atom is -0.482 e. The van der Waals surface area contributed by atoms with E-state index in [0.29, 0.717) is 11.1 Å². The van der Waals surface area contributed by atoms with Crippen molar-refractivity contribution < 1.29 is 23.5 Å². The summed E-state index contributed by atoms with van der Waals surface area (Å²) in [4.78, 5) is 36.2. The monoisotopic (exact) mass is 459 g/mol. The van der Waals surface area contributed by atoms with Gasteiger partial charge in [0, 0.05) is 22.0 Å². The highest BCUT2D eigenvalue weighted by molar-refractivity contribution is 9.10. The van der Waals surface area contributed by atoms with Gasteiger partial charge in [-0.2, -0.15) is 0 Å². The number of esters is 1. The Morgan fingerprint density at radius 2 is 1.76 bits per heavy atom. The zero-order valence-electron chi connectivity index (χ0n) is 15.7. The molecular weight excluding hydrogens is 442 g/mol. The van der Waals surface area contributed by atoms with Crippen molar-refractivity contribution in [2.75, 3.05) is 6.61 Å². The first kappa shape index (κ1) is 20.6. The second-order valence-electron chi connectivity index (χ2n) is 6.49. The van der Waals surface area contributed by atoms with Gasteiger partial charge in [-0.25, -0.2) is 9.59 Å². The van der Waals surface area contributed by atoms with Gasteiger partial charge in [0.15, 0.2) is 6.61 Å². The second-order valence-corrected chi connectivity index (χ2v) is 7.41. The van der Waals surface area contributed by atoms with Gasteiger partial charge in [0.05, 0.1) is 0 Å². The highest BCUT2D eigenvalue weighted by Gasteiger charge is 2.15. The van der Waals surface area contributed by atoms with Gasteiger partial charge in [0.2, 0.25) is 0 Å². The zero-order chi connectivity index (χ0) is 21.0. The fourth-order valence-electron chi connectivity index (χ4n) is 2.49. The number of rotatable bonds is 6. The lowest BCUT2D eigenvalue weighted by Gasteiger charge is -2.09. The van der Waals surface area contributed by atoms with E-state index in [2.05, 4.69) is 21.2 Å².